The monoisotopic (exact) mass is 500 g/mol. The number of pyridine rings is 2. The molecule has 3 aromatic rings. The maximum absolute atomic E-state index is 13.2. The summed E-state index contributed by atoms with van der Waals surface area (Å²) in [5, 5.41) is 5.99. The standard InChI is InChI=1S/C22H18F6N6O.2H2/c23-21(24,25)16-3-1-2-13(31-16)20-33-18(30-11-6-7-29-17(8-11)22(26,27)28)10-19(34-20)32-14-9-12-4-5-15(14)35-12;;/h1-3,6-8,10,12,14-15H,4-5,9H2,(H2,29,30,32,33,34);2*1H. The third-order valence-corrected chi connectivity index (χ3v) is 5.76. The highest BCUT2D eigenvalue weighted by Gasteiger charge is 2.41. The highest BCUT2D eigenvalue weighted by molar-refractivity contribution is 5.64. The average Bonchev–Trinajstić information content (AvgIpc) is 3.41. The van der Waals surface area contributed by atoms with Gasteiger partial charge in [0, 0.05) is 20.8 Å². The Morgan fingerprint density at radius 1 is 0.886 bits per heavy atom. The highest BCUT2D eigenvalue weighted by Crippen LogP contribution is 2.36. The van der Waals surface area contributed by atoms with Crippen LogP contribution in [0.2, 0.25) is 0 Å². The predicted octanol–water partition coefficient (Wildman–Crippen LogP) is 5.94. The van der Waals surface area contributed by atoms with E-state index in [4.69, 9.17) is 4.74 Å². The van der Waals surface area contributed by atoms with Crippen LogP contribution in [0, 0.1) is 0 Å². The SMILES string of the molecule is FC(F)(F)c1cc(Nc2cc(NC3CC4CCC3O4)nc(-c3cccc(C(F)(F)F)n3)n2)ccn1.[HH].[HH]. The molecule has 0 radical (unpaired) electrons. The van der Waals surface area contributed by atoms with Gasteiger partial charge in [-0.15, -0.1) is 0 Å². The van der Waals surface area contributed by atoms with Crippen molar-refractivity contribution in [1.82, 2.24) is 19.9 Å². The molecule has 3 aromatic heterocycles. The lowest BCUT2D eigenvalue weighted by atomic mass is 9.95. The molecule has 0 amide bonds. The van der Waals surface area contributed by atoms with Crippen molar-refractivity contribution in [2.24, 2.45) is 0 Å². The minimum atomic E-state index is -4.67. The molecule has 2 aliphatic rings. The van der Waals surface area contributed by atoms with Crippen LogP contribution in [-0.4, -0.2) is 38.2 Å². The molecule has 0 aromatic carbocycles. The van der Waals surface area contributed by atoms with Gasteiger partial charge in [-0.25, -0.2) is 15.0 Å². The van der Waals surface area contributed by atoms with Crippen LogP contribution in [0.5, 0.6) is 0 Å². The maximum atomic E-state index is 13.2. The fourth-order valence-corrected chi connectivity index (χ4v) is 4.21. The first-order valence-corrected chi connectivity index (χ1v) is 10.7. The van der Waals surface area contributed by atoms with Gasteiger partial charge in [-0.05, 0) is 43.5 Å². The van der Waals surface area contributed by atoms with Gasteiger partial charge in [0.05, 0.1) is 18.2 Å². The third-order valence-electron chi connectivity index (χ3n) is 5.76. The van der Waals surface area contributed by atoms with Crippen molar-refractivity contribution in [1.29, 1.82) is 0 Å². The molecule has 2 aliphatic heterocycles. The number of nitrogens with zero attached hydrogens (tertiary/aromatic N) is 4. The summed E-state index contributed by atoms with van der Waals surface area (Å²) in [5.41, 5.74) is -2.31. The van der Waals surface area contributed by atoms with Gasteiger partial charge < -0.3 is 15.4 Å². The Hall–Kier alpha value is -3.48. The van der Waals surface area contributed by atoms with Crippen LogP contribution < -0.4 is 10.6 Å². The molecule has 7 nitrogen and oxygen atoms in total. The van der Waals surface area contributed by atoms with Crippen LogP contribution in [0.3, 0.4) is 0 Å². The molecule has 2 N–H and O–H groups in total. The summed E-state index contributed by atoms with van der Waals surface area (Å²) < 4.78 is 84.5. The Morgan fingerprint density at radius 2 is 1.66 bits per heavy atom. The molecule has 0 spiro atoms. The molecule has 0 saturated carbocycles. The maximum Gasteiger partial charge on any atom is 0.433 e. The first kappa shape index (κ1) is 23.3. The number of alkyl halides is 6. The summed E-state index contributed by atoms with van der Waals surface area (Å²) in [5.74, 6) is 0.223. The Bertz CT molecular complexity index is 1240. The number of nitrogens with one attached hydrogen (secondary N) is 2. The summed E-state index contributed by atoms with van der Waals surface area (Å²) in [4.78, 5) is 15.5. The van der Waals surface area contributed by atoms with Crippen LogP contribution >= 0.6 is 0 Å². The van der Waals surface area contributed by atoms with Crippen molar-refractivity contribution in [3.63, 3.8) is 0 Å². The number of ether oxygens (including phenoxy) is 1. The second-order valence-corrected chi connectivity index (χ2v) is 8.28. The second-order valence-electron chi connectivity index (χ2n) is 8.28. The van der Waals surface area contributed by atoms with Crippen molar-refractivity contribution in [3.8, 4) is 11.5 Å². The number of anilines is 3. The second kappa shape index (κ2) is 8.63. The number of hydrogen-bond donors (Lipinski definition) is 2. The van der Waals surface area contributed by atoms with Crippen LogP contribution in [0.15, 0.2) is 42.6 Å². The van der Waals surface area contributed by atoms with Gasteiger partial charge in [0.2, 0.25) is 0 Å². The molecule has 2 bridgehead atoms. The van der Waals surface area contributed by atoms with E-state index in [9.17, 15) is 26.3 Å². The highest BCUT2D eigenvalue weighted by atomic mass is 19.4. The zero-order valence-electron chi connectivity index (χ0n) is 17.9. The molecule has 5 rings (SSSR count). The number of hydrogen-bond acceptors (Lipinski definition) is 7. The molecule has 2 saturated heterocycles. The van der Waals surface area contributed by atoms with E-state index in [0.717, 1.165) is 37.6 Å². The normalized spacial score (nSPS) is 21.8. The molecule has 3 unspecified atom stereocenters. The summed E-state index contributed by atoms with van der Waals surface area (Å²) in [6.07, 6.45) is -5.62. The Kier molecular flexibility index (Phi) is 5.74. The summed E-state index contributed by atoms with van der Waals surface area (Å²) in [6.45, 7) is 0. The van der Waals surface area contributed by atoms with E-state index in [1.807, 2.05) is 0 Å². The first-order chi connectivity index (χ1) is 16.5. The van der Waals surface area contributed by atoms with Crippen LogP contribution in [-0.2, 0) is 17.1 Å². The average molecular weight is 500 g/mol. The van der Waals surface area contributed by atoms with E-state index in [0.29, 0.717) is 0 Å². The van der Waals surface area contributed by atoms with Crippen molar-refractivity contribution in [2.75, 3.05) is 10.6 Å². The Balaban J connectivity index is 0.00000190. The van der Waals surface area contributed by atoms with E-state index in [1.54, 1.807) is 0 Å². The molecule has 188 valence electrons. The van der Waals surface area contributed by atoms with Crippen LogP contribution in [0.1, 0.15) is 33.5 Å². The number of fused-ring (bicyclic) bond motifs is 2. The zero-order valence-corrected chi connectivity index (χ0v) is 17.9. The number of halogens is 6. The molecule has 35 heavy (non-hydrogen) atoms. The van der Waals surface area contributed by atoms with E-state index in [-0.39, 0.29) is 49.9 Å². The quantitative estimate of drug-likeness (QED) is 0.420. The van der Waals surface area contributed by atoms with Gasteiger partial charge in [-0.1, -0.05) is 6.07 Å². The minimum Gasteiger partial charge on any atom is -0.373 e. The van der Waals surface area contributed by atoms with Gasteiger partial charge in [-0.3, -0.25) is 4.98 Å². The predicted molar refractivity (Wildman–Crippen MR) is 117 cm³/mol. The fraction of sp³-hybridized carbons (Fsp3) is 0.364. The third kappa shape index (κ3) is 5.14. The van der Waals surface area contributed by atoms with Crippen molar-refractivity contribution < 1.29 is 33.9 Å². The molecular formula is C22H22F6N6O. The van der Waals surface area contributed by atoms with E-state index in [1.165, 1.54) is 24.3 Å². The number of aromatic nitrogens is 4. The largest absolute Gasteiger partial charge is 0.433 e. The first-order valence-electron chi connectivity index (χ1n) is 10.7. The lowest BCUT2D eigenvalue weighted by Gasteiger charge is -2.21. The smallest absolute Gasteiger partial charge is 0.373 e. The number of rotatable bonds is 5. The lowest BCUT2D eigenvalue weighted by Crippen LogP contribution is -2.30. The molecule has 13 heteroatoms. The van der Waals surface area contributed by atoms with Crippen molar-refractivity contribution in [2.45, 2.75) is 49.9 Å². The van der Waals surface area contributed by atoms with E-state index < -0.39 is 23.7 Å². The fourth-order valence-electron chi connectivity index (χ4n) is 4.21. The van der Waals surface area contributed by atoms with Gasteiger partial charge >= 0.3 is 12.4 Å². The van der Waals surface area contributed by atoms with Gasteiger partial charge in [0.25, 0.3) is 0 Å². The topological polar surface area (TPSA) is 84.9 Å². The van der Waals surface area contributed by atoms with Crippen LogP contribution in [0.25, 0.3) is 11.5 Å². The summed E-state index contributed by atoms with van der Waals surface area (Å²) in [7, 11) is 0. The molecule has 0 aliphatic carbocycles. The Morgan fingerprint density at radius 3 is 2.34 bits per heavy atom. The minimum absolute atomic E-state index is 0. The van der Waals surface area contributed by atoms with Crippen LogP contribution in [0.4, 0.5) is 43.7 Å². The van der Waals surface area contributed by atoms with Crippen molar-refractivity contribution in [3.05, 3.63) is 54.0 Å². The zero-order chi connectivity index (χ0) is 24.8. The van der Waals surface area contributed by atoms with E-state index in [2.05, 4.69) is 30.6 Å². The van der Waals surface area contributed by atoms with Gasteiger partial charge in [0.15, 0.2) is 5.82 Å². The summed E-state index contributed by atoms with van der Waals surface area (Å²) >= 11 is 0. The lowest BCUT2D eigenvalue weighted by molar-refractivity contribution is -0.141. The van der Waals surface area contributed by atoms with Gasteiger partial charge in [0.1, 0.15) is 28.7 Å². The van der Waals surface area contributed by atoms with Gasteiger partial charge in [-0.2, -0.15) is 26.3 Å². The summed E-state index contributed by atoms with van der Waals surface area (Å²) in [6, 6.07) is 6.87. The van der Waals surface area contributed by atoms with Crippen molar-refractivity contribution >= 4 is 17.3 Å². The Labute approximate surface area is 198 Å². The molecular weight excluding hydrogens is 478 g/mol. The van der Waals surface area contributed by atoms with E-state index >= 15 is 0 Å². The molecule has 2 fully saturated rings. The molecule has 3 atom stereocenters. The molecule has 5 heterocycles.